The summed E-state index contributed by atoms with van der Waals surface area (Å²) in [6, 6.07) is -0.129. The van der Waals surface area contributed by atoms with Crippen molar-refractivity contribution in [2.75, 3.05) is 13.7 Å². The summed E-state index contributed by atoms with van der Waals surface area (Å²) in [5.41, 5.74) is 0.753. The minimum atomic E-state index is -0.129. The Morgan fingerprint density at radius 1 is 1.48 bits per heavy atom. The first kappa shape index (κ1) is 16.1. The lowest BCUT2D eigenvalue weighted by Crippen LogP contribution is -2.35. The van der Waals surface area contributed by atoms with E-state index in [9.17, 15) is 4.79 Å². The van der Waals surface area contributed by atoms with Crippen LogP contribution in [0.4, 0.5) is 0 Å². The van der Waals surface area contributed by atoms with Crippen molar-refractivity contribution in [2.24, 2.45) is 0 Å². The van der Waals surface area contributed by atoms with Gasteiger partial charge in [0.15, 0.2) is 5.82 Å². The fraction of sp³-hybridized carbons (Fsp3) is 0.600. The van der Waals surface area contributed by atoms with E-state index >= 15 is 0 Å². The predicted molar refractivity (Wildman–Crippen MR) is 84.1 cm³/mol. The summed E-state index contributed by atoms with van der Waals surface area (Å²) in [5, 5.41) is 4.77. The van der Waals surface area contributed by atoms with E-state index in [1.54, 1.807) is 7.11 Å². The minimum Gasteiger partial charge on any atom is -0.378 e. The van der Waals surface area contributed by atoms with Gasteiger partial charge in [-0.25, -0.2) is 4.98 Å². The van der Waals surface area contributed by atoms with Gasteiger partial charge < -0.3 is 14.2 Å². The van der Waals surface area contributed by atoms with Crippen LogP contribution >= 0.6 is 11.3 Å². The van der Waals surface area contributed by atoms with Crippen molar-refractivity contribution in [3.63, 3.8) is 0 Å². The number of aryl methyl sites for hydroxylation is 1. The van der Waals surface area contributed by atoms with Gasteiger partial charge in [-0.15, -0.1) is 11.3 Å². The van der Waals surface area contributed by atoms with E-state index in [2.05, 4.69) is 15.1 Å². The molecule has 1 fully saturated rings. The van der Waals surface area contributed by atoms with Crippen LogP contribution in [0.3, 0.4) is 0 Å². The number of nitrogens with zero attached hydrogens (tertiary/aromatic N) is 4. The van der Waals surface area contributed by atoms with E-state index in [1.165, 1.54) is 17.7 Å². The number of thiazole rings is 1. The van der Waals surface area contributed by atoms with Gasteiger partial charge in [-0.1, -0.05) is 18.0 Å². The molecule has 3 heterocycles. The standard InChI is InChI=1S/C15H20N4O3S/c1-10-13(23-12(17-10)8-21-2)15(20)19-7-5-3-4-6-11(19)14-16-9-22-18-14/h9,11H,3-8H2,1-2H3/t11-/m1/s1. The highest BCUT2D eigenvalue weighted by Crippen LogP contribution is 2.31. The highest BCUT2D eigenvalue weighted by molar-refractivity contribution is 7.13. The summed E-state index contributed by atoms with van der Waals surface area (Å²) in [4.78, 5) is 24.2. The van der Waals surface area contributed by atoms with E-state index in [-0.39, 0.29) is 11.9 Å². The van der Waals surface area contributed by atoms with Crippen LogP contribution in [-0.2, 0) is 11.3 Å². The first-order valence-corrected chi connectivity index (χ1v) is 8.55. The number of aromatic nitrogens is 3. The molecule has 0 spiro atoms. The molecule has 1 saturated heterocycles. The molecule has 3 rings (SSSR count). The largest absolute Gasteiger partial charge is 0.378 e. The lowest BCUT2D eigenvalue weighted by Gasteiger charge is -2.27. The molecule has 1 aliphatic rings. The number of carbonyl (C=O) groups excluding carboxylic acids is 1. The summed E-state index contributed by atoms with van der Waals surface area (Å²) >= 11 is 1.40. The Morgan fingerprint density at radius 3 is 3.09 bits per heavy atom. The summed E-state index contributed by atoms with van der Waals surface area (Å²) in [5.74, 6) is 0.582. The zero-order valence-electron chi connectivity index (χ0n) is 13.3. The first-order valence-electron chi connectivity index (χ1n) is 7.73. The number of amides is 1. The van der Waals surface area contributed by atoms with Gasteiger partial charge in [0.2, 0.25) is 6.39 Å². The van der Waals surface area contributed by atoms with Gasteiger partial charge >= 0.3 is 0 Å². The molecule has 23 heavy (non-hydrogen) atoms. The molecular formula is C15H20N4O3S. The second-order valence-electron chi connectivity index (χ2n) is 5.61. The van der Waals surface area contributed by atoms with Gasteiger partial charge in [-0.3, -0.25) is 4.79 Å². The third-order valence-electron chi connectivity index (χ3n) is 3.99. The van der Waals surface area contributed by atoms with Crippen molar-refractivity contribution in [1.29, 1.82) is 0 Å². The average molecular weight is 336 g/mol. The van der Waals surface area contributed by atoms with Crippen molar-refractivity contribution < 1.29 is 14.1 Å². The number of hydrogen-bond acceptors (Lipinski definition) is 7. The van der Waals surface area contributed by atoms with Crippen molar-refractivity contribution in [3.05, 3.63) is 27.8 Å². The van der Waals surface area contributed by atoms with Crippen LogP contribution in [0.25, 0.3) is 0 Å². The average Bonchev–Trinajstić information content (AvgIpc) is 3.11. The van der Waals surface area contributed by atoms with Crippen molar-refractivity contribution in [2.45, 2.75) is 45.3 Å². The molecule has 8 heteroatoms. The first-order chi connectivity index (χ1) is 11.2. The predicted octanol–water partition coefficient (Wildman–Crippen LogP) is 2.74. The Labute approximate surface area is 138 Å². The normalized spacial score (nSPS) is 18.9. The molecule has 1 aliphatic heterocycles. The highest BCUT2D eigenvalue weighted by Gasteiger charge is 2.32. The van der Waals surface area contributed by atoms with E-state index in [1.807, 2.05) is 11.8 Å². The van der Waals surface area contributed by atoms with Gasteiger partial charge in [-0.2, -0.15) is 4.98 Å². The van der Waals surface area contributed by atoms with Crippen LogP contribution < -0.4 is 0 Å². The molecule has 0 unspecified atom stereocenters. The Bertz CT molecular complexity index is 656. The molecule has 0 saturated carbocycles. The maximum atomic E-state index is 13.1. The summed E-state index contributed by atoms with van der Waals surface area (Å²) in [7, 11) is 1.62. The molecule has 0 radical (unpaired) electrons. The van der Waals surface area contributed by atoms with E-state index in [0.29, 0.717) is 23.9 Å². The lowest BCUT2D eigenvalue weighted by atomic mass is 10.1. The molecule has 1 atom stereocenters. The summed E-state index contributed by atoms with van der Waals surface area (Å²) in [6.45, 7) is 2.99. The molecule has 0 aromatic carbocycles. The molecule has 2 aromatic heterocycles. The molecule has 1 amide bonds. The summed E-state index contributed by atoms with van der Waals surface area (Å²) in [6.07, 6.45) is 5.32. The van der Waals surface area contributed by atoms with E-state index in [0.717, 1.165) is 36.4 Å². The van der Waals surface area contributed by atoms with Crippen LogP contribution in [0, 0.1) is 6.92 Å². The fourth-order valence-corrected chi connectivity index (χ4v) is 3.90. The van der Waals surface area contributed by atoms with Gasteiger partial charge in [0.05, 0.1) is 18.3 Å². The van der Waals surface area contributed by atoms with Crippen LogP contribution in [0.1, 0.15) is 57.9 Å². The maximum Gasteiger partial charge on any atom is 0.266 e. The number of carbonyl (C=O) groups is 1. The maximum absolute atomic E-state index is 13.1. The topological polar surface area (TPSA) is 81.4 Å². The van der Waals surface area contributed by atoms with Crippen LogP contribution in [0.2, 0.25) is 0 Å². The molecule has 0 aliphatic carbocycles. The third-order valence-corrected chi connectivity index (χ3v) is 5.11. The Balaban J connectivity index is 1.88. The number of likely N-dealkylation sites (tertiary alicyclic amines) is 1. The van der Waals surface area contributed by atoms with Crippen molar-refractivity contribution in [1.82, 2.24) is 20.0 Å². The lowest BCUT2D eigenvalue weighted by molar-refractivity contribution is 0.0674. The minimum absolute atomic E-state index is 0.000877. The number of rotatable bonds is 4. The van der Waals surface area contributed by atoms with Crippen LogP contribution in [0.15, 0.2) is 10.9 Å². The summed E-state index contributed by atoms with van der Waals surface area (Å²) < 4.78 is 9.99. The quantitative estimate of drug-likeness (QED) is 0.854. The van der Waals surface area contributed by atoms with Crippen molar-refractivity contribution >= 4 is 17.2 Å². The van der Waals surface area contributed by atoms with Crippen molar-refractivity contribution in [3.8, 4) is 0 Å². The second kappa shape index (κ2) is 7.18. The van der Waals surface area contributed by atoms with Gasteiger partial charge in [0.1, 0.15) is 9.88 Å². The molecular weight excluding hydrogens is 316 g/mol. The van der Waals surface area contributed by atoms with Crippen LogP contribution in [-0.4, -0.2) is 39.6 Å². The molecule has 2 aromatic rings. The number of ether oxygens (including phenoxy) is 1. The highest BCUT2D eigenvalue weighted by atomic mass is 32.1. The van der Waals surface area contributed by atoms with Gasteiger partial charge in [0.25, 0.3) is 5.91 Å². The third kappa shape index (κ3) is 3.42. The van der Waals surface area contributed by atoms with E-state index in [4.69, 9.17) is 9.26 Å². The molecule has 7 nitrogen and oxygen atoms in total. The fourth-order valence-electron chi connectivity index (χ4n) is 2.91. The van der Waals surface area contributed by atoms with E-state index < -0.39 is 0 Å². The molecule has 124 valence electrons. The van der Waals surface area contributed by atoms with Gasteiger partial charge in [0, 0.05) is 13.7 Å². The molecule has 0 bridgehead atoms. The zero-order chi connectivity index (χ0) is 16.2. The Morgan fingerprint density at radius 2 is 2.35 bits per heavy atom. The number of hydrogen-bond donors (Lipinski definition) is 0. The Hall–Kier alpha value is -1.80. The van der Waals surface area contributed by atoms with Gasteiger partial charge in [-0.05, 0) is 19.8 Å². The van der Waals surface area contributed by atoms with Crippen LogP contribution in [0.5, 0.6) is 0 Å². The SMILES string of the molecule is COCc1nc(C)c(C(=O)N2CCCCC[C@@H]2c2ncon2)s1. The number of methoxy groups -OCH3 is 1. The smallest absolute Gasteiger partial charge is 0.266 e. The monoisotopic (exact) mass is 336 g/mol. The molecule has 0 N–H and O–H groups in total. The second-order valence-corrected chi connectivity index (χ2v) is 6.69. The Kier molecular flexibility index (Phi) is 5.02. The zero-order valence-corrected chi connectivity index (χ0v) is 14.1.